The van der Waals surface area contributed by atoms with E-state index in [9.17, 15) is 9.59 Å². The lowest BCUT2D eigenvalue weighted by molar-refractivity contribution is -0.140. The number of hydrogen-bond acceptors (Lipinski definition) is 5. The number of esters is 1. The third-order valence-electron chi connectivity index (χ3n) is 6.26. The summed E-state index contributed by atoms with van der Waals surface area (Å²) in [7, 11) is 0. The predicted molar refractivity (Wildman–Crippen MR) is 133 cm³/mol. The van der Waals surface area contributed by atoms with Crippen LogP contribution in [0.15, 0.2) is 71.1 Å². The van der Waals surface area contributed by atoms with Gasteiger partial charge in [-0.05, 0) is 49.4 Å². The van der Waals surface area contributed by atoms with Crippen LogP contribution >= 0.6 is 23.2 Å². The van der Waals surface area contributed by atoms with Gasteiger partial charge in [-0.2, -0.15) is 0 Å². The average Bonchev–Trinajstić information content (AvgIpc) is 2.83. The van der Waals surface area contributed by atoms with Crippen LogP contribution in [0.2, 0.25) is 10.0 Å². The predicted octanol–water partition coefficient (Wildman–Crippen LogP) is 5.93. The number of ether oxygens (including phenoxy) is 2. The molecule has 2 atom stereocenters. The van der Waals surface area contributed by atoms with Crippen LogP contribution in [0.1, 0.15) is 49.7 Å². The number of allylic oxidation sites excluding steroid dienone is 3. The molecule has 7 heteroatoms. The lowest BCUT2D eigenvalue weighted by atomic mass is 9.72. The van der Waals surface area contributed by atoms with Crippen LogP contribution < -0.4 is 5.32 Å². The van der Waals surface area contributed by atoms with Gasteiger partial charge in [0.05, 0.1) is 22.2 Å². The summed E-state index contributed by atoms with van der Waals surface area (Å²) in [6, 6.07) is 15.3. The van der Waals surface area contributed by atoms with E-state index in [0.717, 1.165) is 16.8 Å². The first kappa shape index (κ1) is 24.5. The molecule has 0 saturated carbocycles. The summed E-state index contributed by atoms with van der Waals surface area (Å²) in [5, 5.41) is 4.13. The first-order valence-corrected chi connectivity index (χ1v) is 12.1. The SMILES string of the molecule is CCOCCOC(=O)C1=C(C)NC2=C(C(=O)C[C@H](c3ccccc3)C2)[C@@H]1c1ccc(Cl)c(Cl)c1. The quantitative estimate of drug-likeness (QED) is 0.377. The standard InChI is InChI=1S/C27H27Cl2NO4/c1-3-33-11-12-34-27(32)24-16(2)30-22-14-19(17-7-5-4-6-8-17)15-23(31)26(22)25(24)18-9-10-20(28)21(29)13-18/h4-10,13,19,25,30H,3,11-12,14-15H2,1-2H3/t19-,25-/m1/s1. The van der Waals surface area contributed by atoms with Gasteiger partial charge in [-0.15, -0.1) is 0 Å². The van der Waals surface area contributed by atoms with Gasteiger partial charge in [-0.1, -0.05) is 59.6 Å². The Morgan fingerprint density at radius 3 is 2.50 bits per heavy atom. The molecule has 2 aromatic rings. The molecule has 2 aromatic carbocycles. The summed E-state index contributed by atoms with van der Waals surface area (Å²) in [6.07, 6.45) is 1.04. The van der Waals surface area contributed by atoms with E-state index in [0.29, 0.717) is 52.9 Å². The van der Waals surface area contributed by atoms with Crippen molar-refractivity contribution in [1.82, 2.24) is 5.32 Å². The van der Waals surface area contributed by atoms with E-state index in [1.54, 1.807) is 12.1 Å². The Morgan fingerprint density at radius 2 is 1.79 bits per heavy atom. The van der Waals surface area contributed by atoms with E-state index in [1.807, 2.05) is 50.2 Å². The highest BCUT2D eigenvalue weighted by atomic mass is 35.5. The van der Waals surface area contributed by atoms with Crippen molar-refractivity contribution < 1.29 is 19.1 Å². The second-order valence-corrected chi connectivity index (χ2v) is 9.25. The highest BCUT2D eigenvalue weighted by Crippen LogP contribution is 2.46. The van der Waals surface area contributed by atoms with Gasteiger partial charge in [0.2, 0.25) is 0 Å². The fourth-order valence-corrected chi connectivity index (χ4v) is 5.02. The number of ketones is 1. The zero-order valence-electron chi connectivity index (χ0n) is 19.2. The molecule has 1 heterocycles. The smallest absolute Gasteiger partial charge is 0.336 e. The van der Waals surface area contributed by atoms with Crippen molar-refractivity contribution in [3.63, 3.8) is 0 Å². The Kier molecular flexibility index (Phi) is 7.77. The Bertz CT molecular complexity index is 1160. The molecule has 1 aliphatic heterocycles. The molecule has 178 valence electrons. The molecular formula is C27H27Cl2NO4. The summed E-state index contributed by atoms with van der Waals surface area (Å²) >= 11 is 12.5. The molecule has 0 radical (unpaired) electrons. The molecule has 2 aliphatic rings. The molecule has 34 heavy (non-hydrogen) atoms. The van der Waals surface area contributed by atoms with Crippen molar-refractivity contribution >= 4 is 35.0 Å². The van der Waals surface area contributed by atoms with Crippen molar-refractivity contribution in [2.24, 2.45) is 0 Å². The van der Waals surface area contributed by atoms with E-state index < -0.39 is 11.9 Å². The minimum absolute atomic E-state index is 0.00536. The highest BCUT2D eigenvalue weighted by molar-refractivity contribution is 6.42. The van der Waals surface area contributed by atoms with E-state index in [2.05, 4.69) is 5.32 Å². The number of rotatable bonds is 7. The van der Waals surface area contributed by atoms with Gasteiger partial charge in [0.15, 0.2) is 5.78 Å². The fourth-order valence-electron chi connectivity index (χ4n) is 4.71. The Balaban J connectivity index is 1.73. The zero-order chi connectivity index (χ0) is 24.2. The second kappa shape index (κ2) is 10.8. The number of halogens is 2. The molecule has 0 spiro atoms. The van der Waals surface area contributed by atoms with Crippen molar-refractivity contribution in [2.75, 3.05) is 19.8 Å². The van der Waals surface area contributed by atoms with E-state index >= 15 is 0 Å². The van der Waals surface area contributed by atoms with Gasteiger partial charge < -0.3 is 14.8 Å². The van der Waals surface area contributed by atoms with E-state index in [1.165, 1.54) is 0 Å². The molecule has 0 amide bonds. The number of hydrogen-bond donors (Lipinski definition) is 1. The molecule has 1 N–H and O–H groups in total. The molecular weight excluding hydrogens is 473 g/mol. The van der Waals surface area contributed by atoms with Crippen LogP contribution in [0, 0.1) is 0 Å². The van der Waals surface area contributed by atoms with Gasteiger partial charge in [-0.3, -0.25) is 4.79 Å². The largest absolute Gasteiger partial charge is 0.460 e. The lowest BCUT2D eigenvalue weighted by Crippen LogP contribution is -2.36. The maximum Gasteiger partial charge on any atom is 0.336 e. The van der Waals surface area contributed by atoms with E-state index in [-0.39, 0.29) is 18.3 Å². The molecule has 5 nitrogen and oxygen atoms in total. The van der Waals surface area contributed by atoms with Crippen molar-refractivity contribution in [3.8, 4) is 0 Å². The first-order chi connectivity index (χ1) is 16.4. The van der Waals surface area contributed by atoms with Crippen molar-refractivity contribution in [3.05, 3.63) is 92.2 Å². The Labute approximate surface area is 209 Å². The lowest BCUT2D eigenvalue weighted by Gasteiger charge is -2.36. The number of Topliss-reactive ketones (excluding diaryl/α,β-unsaturated/α-hetero) is 1. The Morgan fingerprint density at radius 1 is 1.03 bits per heavy atom. The summed E-state index contributed by atoms with van der Waals surface area (Å²) in [5.41, 5.74) is 4.35. The summed E-state index contributed by atoms with van der Waals surface area (Å²) in [4.78, 5) is 26.8. The average molecular weight is 500 g/mol. The molecule has 4 rings (SSSR count). The van der Waals surface area contributed by atoms with Crippen LogP contribution in [-0.2, 0) is 19.1 Å². The van der Waals surface area contributed by atoms with Crippen LogP contribution in [0.3, 0.4) is 0 Å². The molecule has 0 aromatic heterocycles. The van der Waals surface area contributed by atoms with Crippen LogP contribution in [0.5, 0.6) is 0 Å². The maximum absolute atomic E-state index is 13.6. The molecule has 0 unspecified atom stereocenters. The molecule has 1 aliphatic carbocycles. The van der Waals surface area contributed by atoms with Crippen LogP contribution in [0.4, 0.5) is 0 Å². The summed E-state index contributed by atoms with van der Waals surface area (Å²) in [6.45, 7) is 4.70. The third kappa shape index (κ3) is 5.07. The minimum atomic E-state index is -0.588. The number of carbonyl (C=O) groups excluding carboxylic acids is 2. The highest BCUT2D eigenvalue weighted by Gasteiger charge is 2.41. The topological polar surface area (TPSA) is 64.6 Å². The molecule has 0 fully saturated rings. The summed E-state index contributed by atoms with van der Waals surface area (Å²) in [5.74, 6) is -0.993. The summed E-state index contributed by atoms with van der Waals surface area (Å²) < 4.78 is 10.8. The van der Waals surface area contributed by atoms with Crippen molar-refractivity contribution in [2.45, 2.75) is 38.5 Å². The zero-order valence-corrected chi connectivity index (χ0v) is 20.7. The van der Waals surface area contributed by atoms with Gasteiger partial charge in [0.1, 0.15) is 6.61 Å². The number of dihydropyridines is 1. The maximum atomic E-state index is 13.6. The third-order valence-corrected chi connectivity index (χ3v) is 7.00. The second-order valence-electron chi connectivity index (χ2n) is 8.43. The monoisotopic (exact) mass is 499 g/mol. The van der Waals surface area contributed by atoms with E-state index in [4.69, 9.17) is 32.7 Å². The molecule has 0 bridgehead atoms. The molecule has 0 saturated heterocycles. The van der Waals surface area contributed by atoms with Crippen LogP contribution in [0.25, 0.3) is 0 Å². The minimum Gasteiger partial charge on any atom is -0.460 e. The Hall–Kier alpha value is -2.60. The normalized spacial score (nSPS) is 20.2. The number of nitrogens with one attached hydrogen (secondary N) is 1. The fraction of sp³-hybridized carbons (Fsp3) is 0.333. The van der Waals surface area contributed by atoms with Gasteiger partial charge in [0, 0.05) is 35.9 Å². The van der Waals surface area contributed by atoms with Crippen LogP contribution in [-0.4, -0.2) is 31.6 Å². The first-order valence-electron chi connectivity index (χ1n) is 11.4. The number of benzene rings is 2. The number of carbonyl (C=O) groups is 2. The van der Waals surface area contributed by atoms with Gasteiger partial charge >= 0.3 is 5.97 Å². The van der Waals surface area contributed by atoms with Gasteiger partial charge in [0.25, 0.3) is 0 Å². The van der Waals surface area contributed by atoms with Crippen molar-refractivity contribution in [1.29, 1.82) is 0 Å². The van der Waals surface area contributed by atoms with Gasteiger partial charge in [-0.25, -0.2) is 4.79 Å².